The molecule has 0 saturated carbocycles. The van der Waals surface area contributed by atoms with Crippen molar-refractivity contribution in [3.05, 3.63) is 53.1 Å². The third-order valence-electron chi connectivity index (χ3n) is 4.86. The summed E-state index contributed by atoms with van der Waals surface area (Å²) in [6.07, 6.45) is -0.698. The number of benzene rings is 2. The number of anilines is 1. The van der Waals surface area contributed by atoms with Crippen molar-refractivity contribution in [2.75, 3.05) is 25.5 Å². The Labute approximate surface area is 184 Å². The molecule has 162 valence electrons. The predicted octanol–water partition coefficient (Wildman–Crippen LogP) is 3.16. The van der Waals surface area contributed by atoms with Crippen LogP contribution in [0, 0.1) is 0 Å². The van der Waals surface area contributed by atoms with E-state index in [1.165, 1.54) is 16.9 Å². The summed E-state index contributed by atoms with van der Waals surface area (Å²) >= 11 is 6.06. The van der Waals surface area contributed by atoms with Crippen LogP contribution >= 0.6 is 11.6 Å². The number of amidine groups is 1. The van der Waals surface area contributed by atoms with E-state index < -0.39 is 12.1 Å². The smallest absolute Gasteiger partial charge is 0.377 e. The van der Waals surface area contributed by atoms with Gasteiger partial charge in [0.1, 0.15) is 0 Å². The highest BCUT2D eigenvalue weighted by atomic mass is 35.5. The van der Waals surface area contributed by atoms with E-state index in [2.05, 4.69) is 5.10 Å². The molecule has 0 spiro atoms. The molecule has 31 heavy (non-hydrogen) atoms. The number of likely N-dealkylation sites (N-methyl/N-ethyl adjacent to an activating group) is 1. The zero-order valence-electron chi connectivity index (χ0n) is 17.2. The second-order valence-electron chi connectivity index (χ2n) is 6.84. The van der Waals surface area contributed by atoms with E-state index in [0.717, 1.165) is 0 Å². The van der Waals surface area contributed by atoms with Crippen LogP contribution in [0.5, 0.6) is 11.5 Å². The number of fused-ring (bicyclic) bond motifs is 1. The zero-order chi connectivity index (χ0) is 22.1. The molecule has 0 unspecified atom stereocenters. The first kappa shape index (κ1) is 20.8. The molecule has 9 nitrogen and oxygen atoms in total. The monoisotopic (exact) mass is 444 g/mol. The van der Waals surface area contributed by atoms with Crippen LogP contribution in [0.25, 0.3) is 0 Å². The predicted molar refractivity (Wildman–Crippen MR) is 114 cm³/mol. The van der Waals surface area contributed by atoms with Gasteiger partial charge in [-0.2, -0.15) is 0 Å². The largest absolute Gasteiger partial charge is 0.460 e. The highest BCUT2D eigenvalue weighted by molar-refractivity contribution is 6.35. The molecule has 0 aliphatic carbocycles. The number of hydrogen-bond acceptors (Lipinski definition) is 8. The number of rotatable bonds is 4. The van der Waals surface area contributed by atoms with Gasteiger partial charge in [-0.25, -0.2) is 14.8 Å². The molecule has 10 heteroatoms. The van der Waals surface area contributed by atoms with Crippen molar-refractivity contribution in [2.45, 2.75) is 20.0 Å². The van der Waals surface area contributed by atoms with Gasteiger partial charge >= 0.3 is 5.97 Å². The minimum absolute atomic E-state index is 0.0241. The van der Waals surface area contributed by atoms with Crippen molar-refractivity contribution in [3.63, 3.8) is 0 Å². The van der Waals surface area contributed by atoms with E-state index in [1.807, 2.05) is 6.07 Å². The SMILES string of the molecule is CCOC(=O)C1=NN(c2ccc(Cl)cc2)[C@@H](c2ccc3c(c2)OCO3)N(C(C)=O)N1C. The van der Waals surface area contributed by atoms with E-state index in [-0.39, 0.29) is 25.1 Å². The number of amides is 1. The number of carbonyl (C=O) groups is 2. The number of hydrogen-bond donors (Lipinski definition) is 0. The van der Waals surface area contributed by atoms with E-state index in [9.17, 15) is 9.59 Å². The lowest BCUT2D eigenvalue weighted by molar-refractivity contribution is -0.147. The van der Waals surface area contributed by atoms with Crippen molar-refractivity contribution in [2.24, 2.45) is 5.10 Å². The van der Waals surface area contributed by atoms with Crippen LogP contribution in [0.15, 0.2) is 47.6 Å². The first-order chi connectivity index (χ1) is 14.9. The average molecular weight is 445 g/mol. The van der Waals surface area contributed by atoms with Crippen LogP contribution in [-0.2, 0) is 14.3 Å². The van der Waals surface area contributed by atoms with E-state index in [0.29, 0.717) is 27.8 Å². The van der Waals surface area contributed by atoms with Crippen LogP contribution in [0.1, 0.15) is 25.6 Å². The maximum atomic E-state index is 12.8. The Morgan fingerprint density at radius 1 is 1.16 bits per heavy atom. The standard InChI is InChI=1S/C21H21ClN4O5/c1-4-29-21(28)19-23-25(16-8-6-15(22)7-9-16)20(26(13(2)27)24(19)3)14-5-10-17-18(11-14)31-12-30-17/h5-11,20H,4,12H2,1-3H3/t20-/m1/s1. The van der Waals surface area contributed by atoms with Crippen LogP contribution in [-0.4, -0.2) is 48.2 Å². The fraction of sp³-hybridized carbons (Fsp3) is 0.286. The van der Waals surface area contributed by atoms with Crippen LogP contribution in [0.2, 0.25) is 5.02 Å². The highest BCUT2D eigenvalue weighted by Crippen LogP contribution is 2.40. The molecule has 0 N–H and O–H groups in total. The first-order valence-electron chi connectivity index (χ1n) is 9.64. The fourth-order valence-corrected chi connectivity index (χ4v) is 3.62. The molecule has 0 saturated heterocycles. The number of carbonyl (C=O) groups excluding carboxylic acids is 2. The molecule has 0 bridgehead atoms. The third-order valence-corrected chi connectivity index (χ3v) is 5.11. The van der Waals surface area contributed by atoms with Gasteiger partial charge in [-0.05, 0) is 43.3 Å². The topological polar surface area (TPSA) is 83.9 Å². The minimum atomic E-state index is -0.698. The Bertz CT molecular complexity index is 1040. The molecule has 2 heterocycles. The summed E-state index contributed by atoms with van der Waals surface area (Å²) in [5.41, 5.74) is 1.35. The quantitative estimate of drug-likeness (QED) is 0.670. The van der Waals surface area contributed by atoms with Crippen molar-refractivity contribution in [1.29, 1.82) is 0 Å². The lowest BCUT2D eigenvalue weighted by atomic mass is 10.1. The minimum Gasteiger partial charge on any atom is -0.460 e. The fourth-order valence-electron chi connectivity index (χ4n) is 3.49. The van der Waals surface area contributed by atoms with E-state index in [1.54, 1.807) is 55.4 Å². The van der Waals surface area contributed by atoms with Gasteiger partial charge in [0.2, 0.25) is 12.7 Å². The third kappa shape index (κ3) is 3.84. The van der Waals surface area contributed by atoms with Crippen LogP contribution in [0.4, 0.5) is 5.69 Å². The molecule has 0 radical (unpaired) electrons. The molecule has 0 fully saturated rings. The number of ether oxygens (including phenoxy) is 3. The second-order valence-corrected chi connectivity index (χ2v) is 7.28. The van der Waals surface area contributed by atoms with Gasteiger partial charge in [-0.1, -0.05) is 17.7 Å². The van der Waals surface area contributed by atoms with Crippen molar-refractivity contribution >= 4 is 35.0 Å². The normalized spacial score (nSPS) is 17.5. The maximum Gasteiger partial charge on any atom is 0.377 e. The number of esters is 1. The highest BCUT2D eigenvalue weighted by Gasteiger charge is 2.41. The van der Waals surface area contributed by atoms with E-state index >= 15 is 0 Å². The number of hydrazine groups is 1. The average Bonchev–Trinajstić information content (AvgIpc) is 3.21. The Balaban J connectivity index is 1.88. The molecule has 2 aromatic carbocycles. The van der Waals surface area contributed by atoms with Gasteiger partial charge < -0.3 is 14.2 Å². The number of halogens is 1. The van der Waals surface area contributed by atoms with Gasteiger partial charge in [0, 0.05) is 24.6 Å². The Morgan fingerprint density at radius 3 is 2.55 bits per heavy atom. The second kappa shape index (κ2) is 8.35. The van der Waals surface area contributed by atoms with Gasteiger partial charge in [-0.3, -0.25) is 9.80 Å². The van der Waals surface area contributed by atoms with E-state index in [4.69, 9.17) is 25.8 Å². The molecule has 0 aromatic heterocycles. The molecule has 2 aromatic rings. The summed E-state index contributed by atoms with van der Waals surface area (Å²) in [5, 5.41) is 9.53. The summed E-state index contributed by atoms with van der Waals surface area (Å²) in [5.74, 6) is 0.236. The van der Waals surface area contributed by atoms with Crippen LogP contribution in [0.3, 0.4) is 0 Å². The van der Waals surface area contributed by atoms with Crippen LogP contribution < -0.4 is 14.5 Å². The summed E-state index contributed by atoms with van der Waals surface area (Å²) in [6.45, 7) is 3.44. The molecular weight excluding hydrogens is 424 g/mol. The Hall–Kier alpha value is -3.46. The number of hydrazone groups is 1. The summed E-state index contributed by atoms with van der Waals surface area (Å²) < 4.78 is 16.1. The van der Waals surface area contributed by atoms with Crippen molar-refractivity contribution in [1.82, 2.24) is 10.0 Å². The Morgan fingerprint density at radius 2 is 1.87 bits per heavy atom. The molecular formula is C21H21ClN4O5. The van der Waals surface area contributed by atoms with Crippen molar-refractivity contribution in [3.8, 4) is 11.5 Å². The molecule has 1 atom stereocenters. The molecule has 4 rings (SSSR count). The summed E-state index contributed by atoms with van der Waals surface area (Å²) in [4.78, 5) is 25.3. The van der Waals surface area contributed by atoms with Gasteiger partial charge in [0.25, 0.3) is 5.84 Å². The number of nitrogens with zero attached hydrogens (tertiary/aromatic N) is 4. The molecule has 1 amide bonds. The Kier molecular flexibility index (Phi) is 5.60. The maximum absolute atomic E-state index is 12.8. The molecule has 2 aliphatic heterocycles. The van der Waals surface area contributed by atoms with Gasteiger partial charge in [0.15, 0.2) is 17.7 Å². The van der Waals surface area contributed by atoms with Gasteiger partial charge in [0.05, 0.1) is 12.3 Å². The lowest BCUT2D eigenvalue weighted by Gasteiger charge is -2.46. The summed E-state index contributed by atoms with van der Waals surface area (Å²) in [6, 6.07) is 12.4. The van der Waals surface area contributed by atoms with Crippen molar-refractivity contribution < 1.29 is 23.8 Å². The van der Waals surface area contributed by atoms with Gasteiger partial charge in [-0.15, -0.1) is 5.10 Å². The molecule has 2 aliphatic rings. The summed E-state index contributed by atoms with van der Waals surface area (Å²) in [7, 11) is 1.59. The zero-order valence-corrected chi connectivity index (χ0v) is 18.0. The first-order valence-corrected chi connectivity index (χ1v) is 10.0. The lowest BCUT2D eigenvalue weighted by Crippen LogP contribution is -2.58.